The van der Waals surface area contributed by atoms with Crippen molar-refractivity contribution < 1.29 is 29.0 Å². The van der Waals surface area contributed by atoms with Crippen molar-refractivity contribution in [3.8, 4) is 0 Å². The summed E-state index contributed by atoms with van der Waals surface area (Å²) in [5, 5.41) is 20.4. The zero-order valence-electron chi connectivity index (χ0n) is 26.8. The number of carbonyl (C=O) groups is 4. The molecule has 4 rings (SSSR count). The quantitative estimate of drug-likeness (QED) is 0.118. The largest absolute Gasteiger partial charge is 0.463 e. The van der Waals surface area contributed by atoms with Crippen molar-refractivity contribution in [1.29, 1.82) is 0 Å². The molecule has 3 amide bonds. The molecular formula is C38H45N3O6. The Labute approximate surface area is 276 Å². The van der Waals surface area contributed by atoms with Crippen LogP contribution >= 0.6 is 0 Å². The Morgan fingerprint density at radius 2 is 1.51 bits per heavy atom. The van der Waals surface area contributed by atoms with E-state index in [2.05, 4.69) is 29.1 Å². The number of amides is 3. The molecule has 0 spiro atoms. The van der Waals surface area contributed by atoms with Gasteiger partial charge in [-0.3, -0.25) is 19.2 Å². The minimum absolute atomic E-state index is 0.156. The number of ether oxygens (including phenoxy) is 1. The average molecular weight is 640 g/mol. The van der Waals surface area contributed by atoms with Crippen LogP contribution in [0, 0.1) is 11.8 Å². The van der Waals surface area contributed by atoms with Crippen LogP contribution in [-0.4, -0.2) is 53.6 Å². The van der Waals surface area contributed by atoms with Gasteiger partial charge >= 0.3 is 5.97 Å². The molecule has 3 aromatic carbocycles. The second-order valence-corrected chi connectivity index (χ2v) is 12.3. The highest BCUT2D eigenvalue weighted by molar-refractivity contribution is 5.99. The Kier molecular flexibility index (Phi) is 12.9. The van der Waals surface area contributed by atoms with Crippen LogP contribution in [0.1, 0.15) is 50.5 Å². The first kappa shape index (κ1) is 35.1. The van der Waals surface area contributed by atoms with Crippen molar-refractivity contribution in [2.24, 2.45) is 11.8 Å². The molecule has 248 valence electrons. The first-order valence-electron chi connectivity index (χ1n) is 16.2. The highest BCUT2D eigenvalue weighted by Crippen LogP contribution is 2.29. The van der Waals surface area contributed by atoms with Crippen LogP contribution in [0.4, 0.5) is 5.69 Å². The van der Waals surface area contributed by atoms with Gasteiger partial charge in [-0.15, -0.1) is 13.2 Å². The van der Waals surface area contributed by atoms with Crippen molar-refractivity contribution in [3.63, 3.8) is 0 Å². The Balaban J connectivity index is 1.49. The van der Waals surface area contributed by atoms with Crippen molar-refractivity contribution in [2.75, 3.05) is 18.5 Å². The fourth-order valence-electron chi connectivity index (χ4n) is 6.04. The summed E-state index contributed by atoms with van der Waals surface area (Å²) in [5.74, 6) is -3.36. The number of fused-ring (bicyclic) bond motifs is 1. The molecule has 1 saturated carbocycles. The maximum Gasteiger partial charge on any atom is 0.309 e. The normalized spacial score (nSPS) is 15.5. The summed E-state index contributed by atoms with van der Waals surface area (Å²) in [5.41, 5.74) is 0.798. The second kappa shape index (κ2) is 17.2. The molecule has 0 bridgehead atoms. The third-order valence-electron chi connectivity index (χ3n) is 8.67. The predicted octanol–water partition coefficient (Wildman–Crippen LogP) is 5.25. The summed E-state index contributed by atoms with van der Waals surface area (Å²) in [6.07, 6.45) is 7.18. The van der Waals surface area contributed by atoms with Crippen LogP contribution in [0.5, 0.6) is 0 Å². The number of allylic oxidation sites excluding steroid dienone is 2. The lowest BCUT2D eigenvalue weighted by atomic mass is 9.95. The number of hydrogen-bond acceptors (Lipinski definition) is 6. The topological polar surface area (TPSA) is 134 Å². The lowest BCUT2D eigenvalue weighted by Gasteiger charge is -2.29. The van der Waals surface area contributed by atoms with Gasteiger partial charge in [0.1, 0.15) is 12.6 Å². The number of aliphatic hydroxyl groups excluding tert-OH is 1. The van der Waals surface area contributed by atoms with E-state index in [1.165, 1.54) is 0 Å². The molecule has 0 aromatic heterocycles. The first-order chi connectivity index (χ1) is 22.8. The molecule has 1 aliphatic rings. The van der Waals surface area contributed by atoms with Crippen LogP contribution < -0.4 is 16.0 Å². The van der Waals surface area contributed by atoms with Crippen LogP contribution in [0.3, 0.4) is 0 Å². The average Bonchev–Trinajstić information content (AvgIpc) is 3.55. The van der Waals surface area contributed by atoms with E-state index in [1.807, 2.05) is 66.7 Å². The third-order valence-corrected chi connectivity index (χ3v) is 8.67. The van der Waals surface area contributed by atoms with Gasteiger partial charge in [-0.2, -0.15) is 0 Å². The molecule has 1 aliphatic carbocycles. The standard InChI is InChI=1S/C38H45N3O6/c1-3-12-30(24-34(43)41-38(26-42)20-10-11-21-38)35(44)40-33(36(45)39-32-19-18-28-16-8-9-17-29(28)23-32)25-47-37(46)31(13-4-2)22-27-14-6-5-7-15-27/h3-9,14-19,23,30-31,33,42H,1-2,10-13,20-22,24-26H2,(H,39,45)(H,40,44)(H,41,43)/t30-,31-,33+/m1/s1. The number of nitrogens with one attached hydrogen (secondary N) is 3. The smallest absolute Gasteiger partial charge is 0.309 e. The highest BCUT2D eigenvalue weighted by atomic mass is 16.5. The van der Waals surface area contributed by atoms with Gasteiger partial charge in [0.05, 0.1) is 24.0 Å². The maximum absolute atomic E-state index is 13.6. The summed E-state index contributed by atoms with van der Waals surface area (Å²) < 4.78 is 5.67. The Morgan fingerprint density at radius 3 is 2.19 bits per heavy atom. The Bertz CT molecular complexity index is 1550. The molecular weight excluding hydrogens is 594 g/mol. The minimum atomic E-state index is -1.24. The number of anilines is 1. The number of hydrogen-bond donors (Lipinski definition) is 4. The van der Waals surface area contributed by atoms with Crippen molar-refractivity contribution in [1.82, 2.24) is 10.6 Å². The Hall–Kier alpha value is -4.76. The molecule has 1 fully saturated rings. The molecule has 0 unspecified atom stereocenters. The number of rotatable bonds is 17. The molecule has 4 N–H and O–H groups in total. The number of carbonyl (C=O) groups excluding carboxylic acids is 4. The third kappa shape index (κ3) is 10.1. The van der Waals surface area contributed by atoms with Crippen LogP contribution in [0.15, 0.2) is 98.1 Å². The molecule has 9 heteroatoms. The molecule has 47 heavy (non-hydrogen) atoms. The summed E-state index contributed by atoms with van der Waals surface area (Å²) in [6, 6.07) is 21.5. The summed E-state index contributed by atoms with van der Waals surface area (Å²) in [4.78, 5) is 53.5. The van der Waals surface area contributed by atoms with E-state index in [9.17, 15) is 24.3 Å². The van der Waals surface area contributed by atoms with Crippen molar-refractivity contribution in [3.05, 3.63) is 104 Å². The van der Waals surface area contributed by atoms with Gasteiger partial charge < -0.3 is 25.8 Å². The fourth-order valence-corrected chi connectivity index (χ4v) is 6.04. The van der Waals surface area contributed by atoms with E-state index in [-0.39, 0.29) is 25.4 Å². The van der Waals surface area contributed by atoms with Crippen LogP contribution in [-0.2, 0) is 30.3 Å². The van der Waals surface area contributed by atoms with E-state index >= 15 is 0 Å². The number of benzene rings is 3. The van der Waals surface area contributed by atoms with E-state index in [1.54, 1.807) is 18.2 Å². The van der Waals surface area contributed by atoms with E-state index in [4.69, 9.17) is 4.74 Å². The van der Waals surface area contributed by atoms with E-state index in [0.29, 0.717) is 31.4 Å². The summed E-state index contributed by atoms with van der Waals surface area (Å²) in [6.45, 7) is 6.94. The van der Waals surface area contributed by atoms with E-state index in [0.717, 1.165) is 29.2 Å². The fraction of sp³-hybridized carbons (Fsp3) is 0.368. The first-order valence-corrected chi connectivity index (χ1v) is 16.2. The lowest BCUT2D eigenvalue weighted by molar-refractivity contribution is -0.150. The maximum atomic E-state index is 13.6. The highest BCUT2D eigenvalue weighted by Gasteiger charge is 2.36. The van der Waals surface area contributed by atoms with Crippen LogP contribution in [0.25, 0.3) is 10.8 Å². The molecule has 0 aliphatic heterocycles. The van der Waals surface area contributed by atoms with Gasteiger partial charge in [-0.1, -0.05) is 85.7 Å². The number of aliphatic hydroxyl groups is 1. The molecule has 0 radical (unpaired) electrons. The van der Waals surface area contributed by atoms with Gasteiger partial charge in [-0.05, 0) is 60.6 Å². The molecule has 0 saturated heterocycles. The zero-order chi connectivity index (χ0) is 33.6. The summed E-state index contributed by atoms with van der Waals surface area (Å²) in [7, 11) is 0. The lowest BCUT2D eigenvalue weighted by Crippen LogP contribution is -2.52. The Morgan fingerprint density at radius 1 is 0.851 bits per heavy atom. The van der Waals surface area contributed by atoms with Gasteiger partial charge in [0.25, 0.3) is 5.91 Å². The van der Waals surface area contributed by atoms with Gasteiger partial charge in [-0.25, -0.2) is 0 Å². The molecule has 0 heterocycles. The van der Waals surface area contributed by atoms with Crippen molar-refractivity contribution >= 4 is 40.2 Å². The van der Waals surface area contributed by atoms with Crippen LogP contribution in [0.2, 0.25) is 0 Å². The van der Waals surface area contributed by atoms with Gasteiger partial charge in [0.15, 0.2) is 0 Å². The SMILES string of the molecule is C=CC[C@H](CC(=O)NC1(CO)CCCC1)C(=O)N[C@@H](COC(=O)[C@H](CC=C)Cc1ccccc1)C(=O)Nc1ccc2ccccc2c1. The minimum Gasteiger partial charge on any atom is -0.463 e. The number of esters is 1. The molecule has 3 atom stereocenters. The monoisotopic (exact) mass is 639 g/mol. The zero-order valence-corrected chi connectivity index (χ0v) is 26.8. The molecule has 3 aromatic rings. The van der Waals surface area contributed by atoms with Crippen molar-refractivity contribution in [2.45, 2.75) is 62.9 Å². The van der Waals surface area contributed by atoms with Gasteiger partial charge in [0, 0.05) is 12.1 Å². The predicted molar refractivity (Wildman–Crippen MR) is 183 cm³/mol. The van der Waals surface area contributed by atoms with Gasteiger partial charge in [0.2, 0.25) is 11.8 Å². The summed E-state index contributed by atoms with van der Waals surface area (Å²) >= 11 is 0. The van der Waals surface area contributed by atoms with E-state index < -0.39 is 47.8 Å². The second-order valence-electron chi connectivity index (χ2n) is 12.3. The molecule has 9 nitrogen and oxygen atoms in total.